The molecule has 0 saturated carbocycles. The molecule has 0 aliphatic carbocycles. The minimum atomic E-state index is -1.03. The number of benzene rings is 2. The Morgan fingerprint density at radius 3 is 2.46 bits per heavy atom. The van der Waals surface area contributed by atoms with Crippen LogP contribution in [0.25, 0.3) is 0 Å². The van der Waals surface area contributed by atoms with Gasteiger partial charge in [-0.1, -0.05) is 29.8 Å². The highest BCUT2D eigenvalue weighted by Gasteiger charge is 2.36. The number of hydrogen-bond donors (Lipinski definition) is 1. The van der Waals surface area contributed by atoms with Gasteiger partial charge < -0.3 is 5.32 Å². The van der Waals surface area contributed by atoms with Crippen molar-refractivity contribution in [1.29, 1.82) is 0 Å². The first kappa shape index (κ1) is 18.1. The van der Waals surface area contributed by atoms with E-state index in [4.69, 9.17) is 11.6 Å². The molecule has 2 aromatic rings. The van der Waals surface area contributed by atoms with Crippen molar-refractivity contribution in [3.05, 3.63) is 53.6 Å². The Hall–Kier alpha value is -2.66. The van der Waals surface area contributed by atoms with Gasteiger partial charge in [0.2, 0.25) is 11.8 Å². The number of fused-ring (bicyclic) bond motifs is 1. The molecule has 3 rings (SSSR count). The number of aliphatic imine (C=N–C) groups is 1. The van der Waals surface area contributed by atoms with Crippen molar-refractivity contribution < 1.29 is 9.59 Å². The molecular formula is C20H20ClN3O2. The van der Waals surface area contributed by atoms with Crippen molar-refractivity contribution in [1.82, 2.24) is 0 Å². The zero-order valence-corrected chi connectivity index (χ0v) is 15.6. The lowest BCUT2D eigenvalue weighted by atomic mass is 10.1. The highest BCUT2D eigenvalue weighted by Crippen LogP contribution is 2.37. The molecule has 1 atom stereocenters. The van der Waals surface area contributed by atoms with E-state index in [-0.39, 0.29) is 11.4 Å². The van der Waals surface area contributed by atoms with Gasteiger partial charge >= 0.3 is 0 Å². The number of hydrogen-bond acceptors (Lipinski definition) is 3. The van der Waals surface area contributed by atoms with Crippen LogP contribution >= 0.6 is 11.6 Å². The number of nitrogens with zero attached hydrogens (tertiary/aromatic N) is 2. The van der Waals surface area contributed by atoms with Gasteiger partial charge in [-0.3, -0.25) is 19.5 Å². The van der Waals surface area contributed by atoms with Crippen LogP contribution in [-0.2, 0) is 9.59 Å². The smallest absolute Gasteiger partial charge is 0.249 e. The molecule has 6 heteroatoms. The highest BCUT2D eigenvalue weighted by molar-refractivity contribution is 6.32. The molecule has 5 nitrogen and oxygen atoms in total. The lowest BCUT2D eigenvalue weighted by molar-refractivity contribution is -0.127. The third-order valence-corrected chi connectivity index (χ3v) is 4.09. The summed E-state index contributed by atoms with van der Waals surface area (Å²) in [6.45, 7) is 5.73. The quantitative estimate of drug-likeness (QED) is 0.628. The summed E-state index contributed by atoms with van der Waals surface area (Å²) in [4.78, 5) is 31.8. The molecule has 1 unspecified atom stereocenters. The predicted molar refractivity (Wildman–Crippen MR) is 105 cm³/mol. The summed E-state index contributed by atoms with van der Waals surface area (Å²) in [6, 6.07) is 14.2. The third kappa shape index (κ3) is 3.78. The highest BCUT2D eigenvalue weighted by atomic mass is 35.5. The molecule has 1 N–H and O–H groups in total. The Balaban J connectivity index is 2.15. The lowest BCUT2D eigenvalue weighted by Crippen LogP contribution is -2.37. The van der Waals surface area contributed by atoms with E-state index in [2.05, 4.69) is 10.3 Å². The van der Waals surface area contributed by atoms with Crippen LogP contribution in [-0.4, -0.2) is 23.6 Å². The van der Waals surface area contributed by atoms with Gasteiger partial charge in [0.1, 0.15) is 0 Å². The third-order valence-electron chi connectivity index (χ3n) is 3.85. The van der Waals surface area contributed by atoms with E-state index in [0.717, 1.165) is 0 Å². The zero-order chi connectivity index (χ0) is 18.9. The Morgan fingerprint density at radius 2 is 1.81 bits per heavy atom. The number of anilines is 3. The molecule has 134 valence electrons. The molecule has 0 aromatic heterocycles. The normalized spacial score (nSPS) is 17.8. The van der Waals surface area contributed by atoms with Crippen LogP contribution in [0.4, 0.5) is 17.1 Å². The number of para-hydroxylation sites is 1. The standard InChI is InChI=1S/C20H20ClN3O2/c1-20(2,3)22-12-15-18(25)23-16-10-9-13(21)11-17(16)24(19(15)26)14-7-5-4-6-8-14/h4-12,15H,1-3H3,(H,23,25). The maximum atomic E-state index is 13.3. The SMILES string of the molecule is CC(C)(C)N=CC1C(=O)Nc2ccc(Cl)cc2N(c2ccccc2)C1=O. The Labute approximate surface area is 157 Å². The van der Waals surface area contributed by atoms with Gasteiger partial charge in [-0.25, -0.2) is 0 Å². The van der Waals surface area contributed by atoms with Crippen molar-refractivity contribution in [2.45, 2.75) is 26.3 Å². The van der Waals surface area contributed by atoms with E-state index < -0.39 is 11.8 Å². The van der Waals surface area contributed by atoms with Gasteiger partial charge in [0.25, 0.3) is 0 Å². The van der Waals surface area contributed by atoms with Gasteiger partial charge in [-0.15, -0.1) is 0 Å². The first-order valence-corrected chi connectivity index (χ1v) is 8.69. The molecule has 2 aromatic carbocycles. The van der Waals surface area contributed by atoms with E-state index in [1.165, 1.54) is 11.1 Å². The van der Waals surface area contributed by atoms with Crippen LogP contribution in [0.3, 0.4) is 0 Å². The van der Waals surface area contributed by atoms with Crippen LogP contribution in [0, 0.1) is 5.92 Å². The fraction of sp³-hybridized carbons (Fsp3) is 0.250. The monoisotopic (exact) mass is 369 g/mol. The summed E-state index contributed by atoms with van der Waals surface area (Å²) < 4.78 is 0. The molecular weight excluding hydrogens is 350 g/mol. The second-order valence-electron chi connectivity index (χ2n) is 7.09. The average molecular weight is 370 g/mol. The van der Waals surface area contributed by atoms with Gasteiger partial charge in [0.15, 0.2) is 5.92 Å². The topological polar surface area (TPSA) is 61.8 Å². The molecule has 2 amide bonds. The van der Waals surface area contributed by atoms with Gasteiger partial charge in [0.05, 0.1) is 16.9 Å². The maximum absolute atomic E-state index is 13.3. The molecule has 26 heavy (non-hydrogen) atoms. The maximum Gasteiger partial charge on any atom is 0.249 e. The van der Waals surface area contributed by atoms with E-state index in [1.54, 1.807) is 18.2 Å². The van der Waals surface area contributed by atoms with E-state index in [0.29, 0.717) is 22.1 Å². The van der Waals surface area contributed by atoms with Crippen LogP contribution in [0.15, 0.2) is 53.5 Å². The molecule has 1 heterocycles. The van der Waals surface area contributed by atoms with Crippen LogP contribution in [0.2, 0.25) is 5.02 Å². The second kappa shape index (κ2) is 6.92. The van der Waals surface area contributed by atoms with Crippen molar-refractivity contribution >= 4 is 46.7 Å². The summed E-state index contributed by atoms with van der Waals surface area (Å²) in [6.07, 6.45) is 1.43. The van der Waals surface area contributed by atoms with Crippen molar-refractivity contribution in [3.63, 3.8) is 0 Å². The van der Waals surface area contributed by atoms with Crippen LogP contribution in [0.5, 0.6) is 0 Å². The molecule has 1 aliphatic rings. The fourth-order valence-electron chi connectivity index (χ4n) is 2.65. The second-order valence-corrected chi connectivity index (χ2v) is 7.52. The largest absolute Gasteiger partial charge is 0.323 e. The first-order chi connectivity index (χ1) is 12.3. The number of halogens is 1. The summed E-state index contributed by atoms with van der Waals surface area (Å²) in [5.41, 5.74) is 1.34. The summed E-state index contributed by atoms with van der Waals surface area (Å²) in [7, 11) is 0. The van der Waals surface area contributed by atoms with Crippen molar-refractivity contribution in [2.75, 3.05) is 10.2 Å². The summed E-state index contributed by atoms with van der Waals surface area (Å²) in [5.74, 6) is -1.81. The molecule has 0 fully saturated rings. The lowest BCUT2D eigenvalue weighted by Gasteiger charge is -2.24. The summed E-state index contributed by atoms with van der Waals surface area (Å²) >= 11 is 6.15. The fourth-order valence-corrected chi connectivity index (χ4v) is 2.82. The molecule has 0 bridgehead atoms. The minimum absolute atomic E-state index is 0.372. The first-order valence-electron chi connectivity index (χ1n) is 8.31. The molecule has 1 aliphatic heterocycles. The van der Waals surface area contributed by atoms with Gasteiger partial charge in [-0.05, 0) is 51.1 Å². The van der Waals surface area contributed by atoms with Gasteiger partial charge in [-0.2, -0.15) is 0 Å². The van der Waals surface area contributed by atoms with E-state index in [1.807, 2.05) is 51.1 Å². The van der Waals surface area contributed by atoms with Crippen molar-refractivity contribution in [3.8, 4) is 0 Å². The summed E-state index contributed by atoms with van der Waals surface area (Å²) in [5, 5.41) is 3.29. The Kier molecular flexibility index (Phi) is 4.83. The number of rotatable bonds is 2. The Morgan fingerprint density at radius 1 is 1.12 bits per heavy atom. The minimum Gasteiger partial charge on any atom is -0.323 e. The number of carbonyl (C=O) groups is 2. The van der Waals surface area contributed by atoms with Crippen molar-refractivity contribution in [2.24, 2.45) is 10.9 Å². The number of nitrogens with one attached hydrogen (secondary N) is 1. The zero-order valence-electron chi connectivity index (χ0n) is 14.9. The molecule has 0 radical (unpaired) electrons. The van der Waals surface area contributed by atoms with E-state index in [9.17, 15) is 9.59 Å². The van der Waals surface area contributed by atoms with Crippen LogP contribution in [0.1, 0.15) is 20.8 Å². The number of carbonyl (C=O) groups excluding carboxylic acids is 2. The average Bonchev–Trinajstić information content (AvgIpc) is 2.67. The molecule has 0 spiro atoms. The van der Waals surface area contributed by atoms with Crippen LogP contribution < -0.4 is 10.2 Å². The number of amides is 2. The Bertz CT molecular complexity index is 872. The molecule has 0 saturated heterocycles. The van der Waals surface area contributed by atoms with Gasteiger partial charge in [0, 0.05) is 16.9 Å². The predicted octanol–water partition coefficient (Wildman–Crippen LogP) is 4.44. The van der Waals surface area contributed by atoms with E-state index >= 15 is 0 Å².